The number of fused-ring (bicyclic) bond motifs is 1. The van der Waals surface area contributed by atoms with Crippen LogP contribution < -0.4 is 14.8 Å². The molecule has 1 heterocycles. The maximum Gasteiger partial charge on any atom is 0.277 e. The molecular weight excluding hydrogens is 212 g/mol. The van der Waals surface area contributed by atoms with Crippen molar-refractivity contribution in [2.45, 2.75) is 6.54 Å². The molecule has 2 rings (SSSR count). The van der Waals surface area contributed by atoms with Crippen LogP contribution in [0.3, 0.4) is 0 Å². The lowest BCUT2D eigenvalue weighted by molar-refractivity contribution is -0.385. The van der Waals surface area contributed by atoms with Gasteiger partial charge in [-0.3, -0.25) is 10.1 Å². The lowest BCUT2D eigenvalue weighted by atomic mass is 10.1. The molecule has 0 aliphatic carbocycles. The summed E-state index contributed by atoms with van der Waals surface area (Å²) in [5.74, 6) is 1.01. The molecule has 1 aromatic rings. The Labute approximate surface area is 92.3 Å². The third-order valence-corrected chi connectivity index (χ3v) is 2.31. The van der Waals surface area contributed by atoms with E-state index in [4.69, 9.17) is 9.47 Å². The van der Waals surface area contributed by atoms with Gasteiger partial charge in [-0.1, -0.05) is 0 Å². The van der Waals surface area contributed by atoms with Gasteiger partial charge in [0.25, 0.3) is 5.69 Å². The van der Waals surface area contributed by atoms with Gasteiger partial charge in [-0.2, -0.15) is 0 Å². The number of nitro benzene ring substituents is 1. The number of nitrogens with one attached hydrogen (secondary N) is 1. The van der Waals surface area contributed by atoms with Gasteiger partial charge in [-0.25, -0.2) is 0 Å². The summed E-state index contributed by atoms with van der Waals surface area (Å²) in [7, 11) is 1.74. The summed E-state index contributed by atoms with van der Waals surface area (Å²) in [6.07, 6.45) is 0. The summed E-state index contributed by atoms with van der Waals surface area (Å²) >= 11 is 0. The van der Waals surface area contributed by atoms with Gasteiger partial charge in [0.15, 0.2) is 11.5 Å². The van der Waals surface area contributed by atoms with E-state index in [0.29, 0.717) is 36.8 Å². The first-order chi connectivity index (χ1) is 7.72. The van der Waals surface area contributed by atoms with Crippen LogP contribution in [0.25, 0.3) is 0 Å². The van der Waals surface area contributed by atoms with Crippen molar-refractivity contribution in [1.82, 2.24) is 5.32 Å². The third-order valence-electron chi connectivity index (χ3n) is 2.31. The highest BCUT2D eigenvalue weighted by atomic mass is 16.6. The number of rotatable bonds is 3. The molecule has 1 aliphatic rings. The highest BCUT2D eigenvalue weighted by molar-refractivity contribution is 5.54. The first kappa shape index (κ1) is 10.7. The van der Waals surface area contributed by atoms with Crippen molar-refractivity contribution < 1.29 is 14.4 Å². The zero-order valence-corrected chi connectivity index (χ0v) is 8.86. The smallest absolute Gasteiger partial charge is 0.277 e. The Morgan fingerprint density at radius 1 is 1.38 bits per heavy atom. The second kappa shape index (κ2) is 4.36. The van der Waals surface area contributed by atoms with Crippen LogP contribution in [0.4, 0.5) is 5.69 Å². The van der Waals surface area contributed by atoms with Gasteiger partial charge in [0, 0.05) is 12.1 Å². The van der Waals surface area contributed by atoms with Crippen LogP contribution in [0.1, 0.15) is 5.56 Å². The van der Waals surface area contributed by atoms with E-state index in [9.17, 15) is 10.1 Å². The monoisotopic (exact) mass is 224 g/mol. The number of ether oxygens (including phenoxy) is 2. The van der Waals surface area contributed by atoms with E-state index >= 15 is 0 Å². The van der Waals surface area contributed by atoms with Gasteiger partial charge in [0.05, 0.1) is 11.0 Å². The van der Waals surface area contributed by atoms with Crippen LogP contribution in [0.5, 0.6) is 11.5 Å². The molecule has 0 saturated heterocycles. The molecule has 1 aliphatic heterocycles. The minimum absolute atomic E-state index is 0.0543. The summed E-state index contributed by atoms with van der Waals surface area (Å²) in [4.78, 5) is 10.5. The minimum Gasteiger partial charge on any atom is -0.486 e. The van der Waals surface area contributed by atoms with Crippen molar-refractivity contribution in [1.29, 1.82) is 0 Å². The Bertz CT molecular complexity index is 420. The van der Waals surface area contributed by atoms with Crippen molar-refractivity contribution in [3.63, 3.8) is 0 Å². The Morgan fingerprint density at radius 2 is 2.00 bits per heavy atom. The highest BCUT2D eigenvalue weighted by Crippen LogP contribution is 2.36. The van der Waals surface area contributed by atoms with Crippen molar-refractivity contribution in [2.24, 2.45) is 0 Å². The summed E-state index contributed by atoms with van der Waals surface area (Å²) in [5.41, 5.74) is 0.648. The van der Waals surface area contributed by atoms with Crippen molar-refractivity contribution in [3.8, 4) is 11.5 Å². The molecule has 0 atom stereocenters. The molecule has 0 bridgehead atoms. The Hall–Kier alpha value is -1.82. The predicted molar refractivity (Wildman–Crippen MR) is 56.9 cm³/mol. The number of nitrogens with zero attached hydrogens (tertiary/aromatic N) is 1. The fraction of sp³-hybridized carbons (Fsp3) is 0.400. The van der Waals surface area contributed by atoms with E-state index in [1.165, 1.54) is 6.07 Å². The van der Waals surface area contributed by atoms with E-state index in [1.54, 1.807) is 13.1 Å². The van der Waals surface area contributed by atoms with Gasteiger partial charge in [-0.05, 0) is 13.1 Å². The van der Waals surface area contributed by atoms with E-state index in [0.717, 1.165) is 0 Å². The van der Waals surface area contributed by atoms with E-state index < -0.39 is 4.92 Å². The SMILES string of the molecule is CNCc1cc2c(cc1[N+](=O)[O-])OCCO2. The molecule has 6 nitrogen and oxygen atoms in total. The van der Waals surface area contributed by atoms with Crippen molar-refractivity contribution in [3.05, 3.63) is 27.8 Å². The van der Waals surface area contributed by atoms with Crippen LogP contribution >= 0.6 is 0 Å². The van der Waals surface area contributed by atoms with Gasteiger partial charge in [0.2, 0.25) is 0 Å². The second-order valence-corrected chi connectivity index (χ2v) is 3.41. The van der Waals surface area contributed by atoms with Gasteiger partial charge in [-0.15, -0.1) is 0 Å². The molecule has 0 radical (unpaired) electrons. The third kappa shape index (κ3) is 1.92. The Balaban J connectivity index is 2.45. The topological polar surface area (TPSA) is 73.6 Å². The second-order valence-electron chi connectivity index (χ2n) is 3.41. The molecule has 1 N–H and O–H groups in total. The van der Waals surface area contributed by atoms with Crippen LogP contribution in [-0.2, 0) is 6.54 Å². The van der Waals surface area contributed by atoms with Crippen molar-refractivity contribution in [2.75, 3.05) is 20.3 Å². The molecule has 0 spiro atoms. The zero-order valence-electron chi connectivity index (χ0n) is 8.86. The van der Waals surface area contributed by atoms with Gasteiger partial charge >= 0.3 is 0 Å². The largest absolute Gasteiger partial charge is 0.486 e. The van der Waals surface area contributed by atoms with E-state index in [-0.39, 0.29) is 5.69 Å². The Kier molecular flexibility index (Phi) is 2.91. The van der Waals surface area contributed by atoms with Gasteiger partial charge in [0.1, 0.15) is 13.2 Å². The van der Waals surface area contributed by atoms with E-state index in [2.05, 4.69) is 5.32 Å². The lowest BCUT2D eigenvalue weighted by Gasteiger charge is -2.18. The van der Waals surface area contributed by atoms with Crippen LogP contribution in [0.15, 0.2) is 12.1 Å². The minimum atomic E-state index is -0.412. The standard InChI is InChI=1S/C10H12N2O4/c1-11-6-7-4-9-10(16-3-2-15-9)5-8(7)12(13)14/h4-5,11H,2-3,6H2,1H3. The fourth-order valence-electron chi connectivity index (χ4n) is 1.62. The Morgan fingerprint density at radius 3 is 2.56 bits per heavy atom. The highest BCUT2D eigenvalue weighted by Gasteiger charge is 2.21. The normalized spacial score (nSPS) is 13.6. The number of hydrogen-bond acceptors (Lipinski definition) is 5. The number of benzene rings is 1. The van der Waals surface area contributed by atoms with Crippen LogP contribution in [0, 0.1) is 10.1 Å². The average molecular weight is 224 g/mol. The molecular formula is C10H12N2O4. The molecule has 0 aromatic heterocycles. The molecule has 86 valence electrons. The molecule has 1 aromatic carbocycles. The first-order valence-electron chi connectivity index (χ1n) is 4.94. The number of nitro groups is 1. The maximum absolute atomic E-state index is 10.9. The molecule has 0 unspecified atom stereocenters. The van der Waals surface area contributed by atoms with Crippen LogP contribution in [-0.4, -0.2) is 25.2 Å². The summed E-state index contributed by atoms with van der Waals surface area (Å²) < 4.78 is 10.7. The van der Waals surface area contributed by atoms with E-state index in [1.807, 2.05) is 0 Å². The van der Waals surface area contributed by atoms with Gasteiger partial charge < -0.3 is 14.8 Å². The molecule has 16 heavy (non-hydrogen) atoms. The fourth-order valence-corrected chi connectivity index (χ4v) is 1.62. The quantitative estimate of drug-likeness (QED) is 0.614. The summed E-state index contributed by atoms with van der Waals surface area (Å²) in [6, 6.07) is 3.07. The molecule has 0 amide bonds. The lowest BCUT2D eigenvalue weighted by Crippen LogP contribution is -2.16. The van der Waals surface area contributed by atoms with Crippen LogP contribution in [0.2, 0.25) is 0 Å². The first-order valence-corrected chi connectivity index (χ1v) is 4.94. The zero-order chi connectivity index (χ0) is 11.5. The molecule has 6 heteroatoms. The number of hydrogen-bond donors (Lipinski definition) is 1. The molecule has 0 saturated carbocycles. The summed E-state index contributed by atoms with van der Waals surface area (Å²) in [5, 5.41) is 13.7. The van der Waals surface area contributed by atoms with Crippen molar-refractivity contribution >= 4 is 5.69 Å². The predicted octanol–water partition coefficient (Wildman–Crippen LogP) is 1.09. The maximum atomic E-state index is 10.9. The summed E-state index contributed by atoms with van der Waals surface area (Å²) in [6.45, 7) is 1.33. The average Bonchev–Trinajstić information content (AvgIpc) is 2.28. The molecule has 0 fully saturated rings.